The predicted octanol–water partition coefficient (Wildman–Crippen LogP) is 3.29. The van der Waals surface area contributed by atoms with E-state index in [1.54, 1.807) is 39.8 Å². The van der Waals surface area contributed by atoms with Crippen LogP contribution in [0.5, 0.6) is 11.5 Å². The summed E-state index contributed by atoms with van der Waals surface area (Å²) in [6.45, 7) is 11.0. The van der Waals surface area contributed by atoms with E-state index in [0.717, 1.165) is 0 Å². The minimum atomic E-state index is -0.779. The van der Waals surface area contributed by atoms with Crippen LogP contribution in [-0.2, 0) is 35.0 Å². The zero-order valence-corrected chi connectivity index (χ0v) is 21.5. The molecule has 1 aromatic carbocycles. The second-order valence-corrected chi connectivity index (χ2v) is 8.97. The summed E-state index contributed by atoms with van der Waals surface area (Å²) in [5.74, 6) is -1.89. The molecule has 0 radical (unpaired) electrons. The van der Waals surface area contributed by atoms with Crippen molar-refractivity contribution >= 4 is 24.1 Å². The number of hydrogen-bond donors (Lipinski definition) is 1. The normalized spacial score (nSPS) is 11.8. The molecule has 0 aliphatic heterocycles. The Bertz CT molecular complexity index is 864. The molecule has 0 bridgehead atoms. The summed E-state index contributed by atoms with van der Waals surface area (Å²) in [4.78, 5) is 48.1. The summed E-state index contributed by atoms with van der Waals surface area (Å²) in [5.41, 5.74) is 0.626. The number of nitrogens with one attached hydrogen (secondary N) is 1. The number of rotatable bonds is 13. The molecule has 0 saturated carbocycles. The number of carbonyl (C=O) groups excluding carboxylic acids is 4. The summed E-state index contributed by atoms with van der Waals surface area (Å²) in [6.07, 6.45) is -0.604. The number of carbonyl (C=O) groups is 4. The van der Waals surface area contributed by atoms with E-state index < -0.39 is 36.0 Å². The van der Waals surface area contributed by atoms with Crippen LogP contribution in [0.25, 0.3) is 0 Å². The maximum absolute atomic E-state index is 12.3. The van der Waals surface area contributed by atoms with Crippen LogP contribution < -0.4 is 14.8 Å². The third kappa shape index (κ3) is 11.2. The average molecular weight is 496 g/mol. The minimum absolute atomic E-state index is 0.00817. The van der Waals surface area contributed by atoms with Crippen molar-refractivity contribution in [2.24, 2.45) is 17.8 Å². The molecule has 1 rings (SSSR count). The van der Waals surface area contributed by atoms with Gasteiger partial charge in [0.05, 0.1) is 25.6 Å². The molecule has 0 saturated heterocycles. The van der Waals surface area contributed by atoms with Crippen LogP contribution in [0.15, 0.2) is 18.2 Å². The Balaban J connectivity index is 2.92. The summed E-state index contributed by atoms with van der Waals surface area (Å²) in [7, 11) is 1.26. The Hall–Kier alpha value is -3.14. The summed E-state index contributed by atoms with van der Waals surface area (Å²) in [5, 5.41) is 2.98. The standard InChI is InChI=1S/C25H37NO9/c1-15(2)14-33-25(30)32-11-10-26-19(24(29)31-7)12-18-8-9-20(34-22(27)16(3)4)21(13-18)35-23(28)17(5)6/h8-9,13,15-17,19,26H,10-12,14H2,1-7H3/t19-/m0/s1. The van der Waals surface area contributed by atoms with Crippen molar-refractivity contribution in [1.82, 2.24) is 5.32 Å². The van der Waals surface area contributed by atoms with Crippen molar-refractivity contribution in [1.29, 1.82) is 0 Å². The highest BCUT2D eigenvalue weighted by atomic mass is 16.7. The second-order valence-electron chi connectivity index (χ2n) is 8.97. The number of methoxy groups -OCH3 is 1. The van der Waals surface area contributed by atoms with Gasteiger partial charge in [-0.1, -0.05) is 47.6 Å². The maximum atomic E-state index is 12.3. The van der Waals surface area contributed by atoms with Gasteiger partial charge in [0.25, 0.3) is 0 Å². The molecule has 10 nitrogen and oxygen atoms in total. The molecule has 0 amide bonds. The van der Waals surface area contributed by atoms with E-state index in [0.29, 0.717) is 5.56 Å². The first-order valence-electron chi connectivity index (χ1n) is 11.6. The van der Waals surface area contributed by atoms with E-state index in [9.17, 15) is 19.2 Å². The number of esters is 3. The van der Waals surface area contributed by atoms with Gasteiger partial charge in [0.2, 0.25) is 0 Å². The van der Waals surface area contributed by atoms with Crippen LogP contribution in [0.3, 0.4) is 0 Å². The molecule has 0 aromatic heterocycles. The van der Waals surface area contributed by atoms with Gasteiger partial charge < -0.3 is 29.0 Å². The van der Waals surface area contributed by atoms with Crippen LogP contribution in [0.1, 0.15) is 47.1 Å². The van der Waals surface area contributed by atoms with Crippen LogP contribution in [0.4, 0.5) is 4.79 Å². The molecule has 0 heterocycles. The van der Waals surface area contributed by atoms with Crippen molar-refractivity contribution in [2.45, 2.75) is 54.0 Å². The molecular weight excluding hydrogens is 458 g/mol. The molecule has 10 heteroatoms. The van der Waals surface area contributed by atoms with E-state index in [1.807, 2.05) is 13.8 Å². The van der Waals surface area contributed by atoms with Crippen LogP contribution in [0.2, 0.25) is 0 Å². The number of hydrogen-bond acceptors (Lipinski definition) is 10. The van der Waals surface area contributed by atoms with Gasteiger partial charge in [-0.05, 0) is 30.0 Å². The van der Waals surface area contributed by atoms with Crippen LogP contribution >= 0.6 is 0 Å². The lowest BCUT2D eigenvalue weighted by atomic mass is 10.0. The molecule has 0 fully saturated rings. The van der Waals surface area contributed by atoms with Gasteiger partial charge in [0, 0.05) is 6.54 Å². The topological polar surface area (TPSA) is 126 Å². The highest BCUT2D eigenvalue weighted by Gasteiger charge is 2.22. The van der Waals surface area contributed by atoms with Crippen molar-refractivity contribution in [2.75, 3.05) is 26.9 Å². The van der Waals surface area contributed by atoms with Crippen molar-refractivity contribution in [3.05, 3.63) is 23.8 Å². The number of ether oxygens (including phenoxy) is 5. The van der Waals surface area contributed by atoms with Gasteiger partial charge in [-0.3, -0.25) is 14.4 Å². The molecule has 1 atom stereocenters. The minimum Gasteiger partial charge on any atom is -0.468 e. The number of benzene rings is 1. The largest absolute Gasteiger partial charge is 0.508 e. The smallest absolute Gasteiger partial charge is 0.468 e. The molecule has 0 spiro atoms. The molecule has 0 aliphatic rings. The predicted molar refractivity (Wildman–Crippen MR) is 127 cm³/mol. The Morgan fingerprint density at radius 2 is 1.43 bits per heavy atom. The fraction of sp³-hybridized carbons (Fsp3) is 0.600. The average Bonchev–Trinajstić information content (AvgIpc) is 2.80. The Morgan fingerprint density at radius 3 is 1.97 bits per heavy atom. The first kappa shape index (κ1) is 29.9. The maximum Gasteiger partial charge on any atom is 0.508 e. The van der Waals surface area contributed by atoms with Gasteiger partial charge in [0.15, 0.2) is 11.5 Å². The van der Waals surface area contributed by atoms with Gasteiger partial charge in [-0.15, -0.1) is 0 Å². The lowest BCUT2D eigenvalue weighted by Gasteiger charge is -2.18. The van der Waals surface area contributed by atoms with Gasteiger partial charge in [0.1, 0.15) is 12.6 Å². The van der Waals surface area contributed by atoms with Crippen molar-refractivity contribution < 1.29 is 42.9 Å². The molecule has 0 aliphatic carbocycles. The first-order chi connectivity index (χ1) is 16.4. The van der Waals surface area contributed by atoms with Gasteiger partial charge >= 0.3 is 24.1 Å². The molecule has 1 N–H and O–H groups in total. The van der Waals surface area contributed by atoms with E-state index in [-0.39, 0.29) is 49.5 Å². The Morgan fingerprint density at radius 1 is 0.829 bits per heavy atom. The van der Waals surface area contributed by atoms with Gasteiger partial charge in [-0.2, -0.15) is 0 Å². The molecule has 0 unspecified atom stereocenters. The Labute approximate surface area is 206 Å². The van der Waals surface area contributed by atoms with Gasteiger partial charge in [-0.25, -0.2) is 4.79 Å². The summed E-state index contributed by atoms with van der Waals surface area (Å²) >= 11 is 0. The lowest BCUT2D eigenvalue weighted by Crippen LogP contribution is -2.41. The van der Waals surface area contributed by atoms with Crippen molar-refractivity contribution in [3.63, 3.8) is 0 Å². The highest BCUT2D eigenvalue weighted by molar-refractivity contribution is 5.78. The zero-order valence-electron chi connectivity index (χ0n) is 21.5. The zero-order chi connectivity index (χ0) is 26.5. The third-order valence-corrected chi connectivity index (χ3v) is 4.54. The molecule has 1 aromatic rings. The van der Waals surface area contributed by atoms with E-state index in [4.69, 9.17) is 23.7 Å². The lowest BCUT2D eigenvalue weighted by molar-refractivity contribution is -0.143. The molecular formula is C25H37NO9. The van der Waals surface area contributed by atoms with E-state index >= 15 is 0 Å². The molecule has 196 valence electrons. The second kappa shape index (κ2) is 15.0. The van der Waals surface area contributed by atoms with Crippen LogP contribution in [0, 0.1) is 17.8 Å². The monoisotopic (exact) mass is 495 g/mol. The quantitative estimate of drug-likeness (QED) is 0.247. The van der Waals surface area contributed by atoms with Crippen LogP contribution in [-0.4, -0.2) is 57.0 Å². The summed E-state index contributed by atoms with van der Waals surface area (Å²) in [6, 6.07) is 3.95. The first-order valence-corrected chi connectivity index (χ1v) is 11.6. The third-order valence-electron chi connectivity index (χ3n) is 4.54. The Kier molecular flexibility index (Phi) is 12.8. The van der Waals surface area contributed by atoms with Crippen molar-refractivity contribution in [3.8, 4) is 11.5 Å². The highest BCUT2D eigenvalue weighted by Crippen LogP contribution is 2.30. The summed E-state index contributed by atoms with van der Waals surface area (Å²) < 4.78 is 25.6. The fourth-order valence-corrected chi connectivity index (χ4v) is 2.56. The molecule has 35 heavy (non-hydrogen) atoms. The fourth-order valence-electron chi connectivity index (χ4n) is 2.56. The SMILES string of the molecule is COC(=O)[C@H](Cc1ccc(OC(=O)C(C)C)c(OC(=O)C(C)C)c1)NCCOC(=O)OCC(C)C. The van der Waals surface area contributed by atoms with E-state index in [2.05, 4.69) is 5.32 Å². The van der Waals surface area contributed by atoms with E-state index in [1.165, 1.54) is 13.2 Å².